The van der Waals surface area contributed by atoms with Crippen LogP contribution in [0.15, 0.2) is 23.8 Å². The lowest BCUT2D eigenvalue weighted by atomic mass is 10.1. The molecule has 23 heavy (non-hydrogen) atoms. The molecule has 2 N–H and O–H groups in total. The van der Waals surface area contributed by atoms with Gasteiger partial charge in [0.25, 0.3) is 0 Å². The monoisotopic (exact) mass is 337 g/mol. The van der Waals surface area contributed by atoms with Crippen molar-refractivity contribution in [2.45, 2.75) is 32.4 Å². The molecule has 2 aromatic rings. The number of urea groups is 1. The number of carbonyl (C=O) groups is 2. The summed E-state index contributed by atoms with van der Waals surface area (Å²) in [6, 6.07) is 0.136. The Labute approximate surface area is 137 Å². The van der Waals surface area contributed by atoms with Crippen molar-refractivity contribution < 1.29 is 14.3 Å². The molecule has 124 valence electrons. The molecule has 0 aliphatic rings. The number of thiazole rings is 1. The molecule has 9 heteroatoms. The van der Waals surface area contributed by atoms with Gasteiger partial charge < -0.3 is 10.1 Å². The Morgan fingerprint density at radius 1 is 1.35 bits per heavy atom. The highest BCUT2D eigenvalue weighted by Crippen LogP contribution is 2.19. The molecule has 2 heterocycles. The molecule has 8 nitrogen and oxygen atoms in total. The molecule has 0 aliphatic heterocycles. The van der Waals surface area contributed by atoms with Crippen LogP contribution in [0.3, 0.4) is 0 Å². The van der Waals surface area contributed by atoms with Crippen molar-refractivity contribution in [1.82, 2.24) is 20.1 Å². The Morgan fingerprint density at radius 3 is 2.61 bits per heavy atom. The van der Waals surface area contributed by atoms with E-state index in [1.807, 2.05) is 0 Å². The van der Waals surface area contributed by atoms with Gasteiger partial charge in [-0.3, -0.25) is 10.00 Å². The average molecular weight is 337 g/mol. The fourth-order valence-electron chi connectivity index (χ4n) is 1.83. The molecule has 2 rings (SSSR count). The van der Waals surface area contributed by atoms with E-state index < -0.39 is 23.6 Å². The molecule has 0 aromatic carbocycles. The van der Waals surface area contributed by atoms with Gasteiger partial charge in [0.1, 0.15) is 5.60 Å². The molecule has 0 saturated heterocycles. The van der Waals surface area contributed by atoms with Crippen LogP contribution >= 0.6 is 11.3 Å². The predicted octanol–water partition coefficient (Wildman–Crippen LogP) is 2.08. The summed E-state index contributed by atoms with van der Waals surface area (Å²) >= 11 is 1.28. The van der Waals surface area contributed by atoms with Crippen molar-refractivity contribution in [1.29, 1.82) is 0 Å². The van der Waals surface area contributed by atoms with Gasteiger partial charge in [0.15, 0.2) is 11.2 Å². The van der Waals surface area contributed by atoms with Crippen LogP contribution in [0.25, 0.3) is 0 Å². The van der Waals surface area contributed by atoms with Crippen molar-refractivity contribution in [2.24, 2.45) is 7.05 Å². The van der Waals surface area contributed by atoms with Crippen molar-refractivity contribution in [3.05, 3.63) is 29.5 Å². The van der Waals surface area contributed by atoms with Crippen molar-refractivity contribution in [2.75, 3.05) is 5.32 Å². The molecule has 0 spiro atoms. The number of nitrogens with one attached hydrogen (secondary N) is 2. The molecule has 0 saturated carbocycles. The Morgan fingerprint density at radius 2 is 2.09 bits per heavy atom. The van der Waals surface area contributed by atoms with E-state index in [9.17, 15) is 9.59 Å². The Balaban J connectivity index is 2.15. The highest BCUT2D eigenvalue weighted by molar-refractivity contribution is 7.13. The summed E-state index contributed by atoms with van der Waals surface area (Å²) in [4.78, 5) is 28.5. The van der Waals surface area contributed by atoms with E-state index >= 15 is 0 Å². The number of rotatable bonds is 4. The quantitative estimate of drug-likeness (QED) is 0.832. The highest BCUT2D eigenvalue weighted by Gasteiger charge is 2.30. The minimum absolute atomic E-state index is 0.440. The second kappa shape index (κ2) is 6.78. The maximum atomic E-state index is 12.4. The maximum absolute atomic E-state index is 12.4. The predicted molar refractivity (Wildman–Crippen MR) is 86.1 cm³/mol. The number of nitrogens with zero attached hydrogens (tertiary/aromatic N) is 3. The van der Waals surface area contributed by atoms with Gasteiger partial charge >= 0.3 is 12.0 Å². The minimum Gasteiger partial charge on any atom is -0.458 e. The summed E-state index contributed by atoms with van der Waals surface area (Å²) in [6.45, 7) is 5.29. The summed E-state index contributed by atoms with van der Waals surface area (Å²) in [6.07, 6.45) is 3.12. The molecule has 0 radical (unpaired) electrons. The molecule has 2 aromatic heterocycles. The smallest absolute Gasteiger partial charge is 0.335 e. The number of carbonyl (C=O) groups excluding carboxylic acids is 2. The van der Waals surface area contributed by atoms with Crippen LogP contribution in [-0.4, -0.2) is 32.4 Å². The average Bonchev–Trinajstić information content (AvgIpc) is 3.05. The van der Waals surface area contributed by atoms with Crippen LogP contribution in [0.2, 0.25) is 0 Å². The third kappa shape index (κ3) is 4.78. The van der Waals surface area contributed by atoms with Gasteiger partial charge in [-0.1, -0.05) is 0 Å². The molecule has 0 bridgehead atoms. The van der Waals surface area contributed by atoms with Crippen molar-refractivity contribution in [3.8, 4) is 0 Å². The number of aromatic nitrogens is 3. The van der Waals surface area contributed by atoms with Gasteiger partial charge in [-0.15, -0.1) is 11.3 Å². The maximum Gasteiger partial charge on any atom is 0.335 e. The van der Waals surface area contributed by atoms with Gasteiger partial charge in [-0.05, 0) is 26.8 Å². The third-order valence-corrected chi connectivity index (χ3v) is 3.41. The number of anilines is 1. The van der Waals surface area contributed by atoms with Crippen LogP contribution in [0.4, 0.5) is 9.93 Å². The second-order valence-corrected chi connectivity index (χ2v) is 6.68. The van der Waals surface area contributed by atoms with Crippen LogP contribution < -0.4 is 10.6 Å². The van der Waals surface area contributed by atoms with Crippen molar-refractivity contribution in [3.63, 3.8) is 0 Å². The Bertz CT molecular complexity index is 675. The SMILES string of the molecule is Cn1nccc1C(NC(=O)Nc1nccs1)C(=O)OC(C)(C)C. The fraction of sp³-hybridized carbons (Fsp3) is 0.429. The first-order valence-electron chi connectivity index (χ1n) is 6.94. The Kier molecular flexibility index (Phi) is 4.99. The molecule has 0 fully saturated rings. The zero-order valence-corrected chi connectivity index (χ0v) is 14.2. The molecule has 2 amide bonds. The van der Waals surface area contributed by atoms with Gasteiger partial charge in [0.2, 0.25) is 0 Å². The lowest BCUT2D eigenvalue weighted by Gasteiger charge is -2.24. The number of ether oxygens (including phenoxy) is 1. The van der Waals surface area contributed by atoms with Crippen LogP contribution in [-0.2, 0) is 16.6 Å². The fourth-order valence-corrected chi connectivity index (χ4v) is 2.36. The van der Waals surface area contributed by atoms with E-state index in [4.69, 9.17) is 4.74 Å². The number of amides is 2. The first kappa shape index (κ1) is 16.9. The summed E-state index contributed by atoms with van der Waals surface area (Å²) in [7, 11) is 1.69. The van der Waals surface area contributed by atoms with Gasteiger partial charge in [-0.2, -0.15) is 5.10 Å². The first-order chi connectivity index (χ1) is 10.8. The number of hydrogen-bond donors (Lipinski definition) is 2. The first-order valence-corrected chi connectivity index (χ1v) is 7.82. The molecule has 1 atom stereocenters. The van der Waals surface area contributed by atoms with Gasteiger partial charge in [-0.25, -0.2) is 14.6 Å². The molecule has 1 unspecified atom stereocenters. The zero-order valence-electron chi connectivity index (χ0n) is 13.4. The number of esters is 1. The summed E-state index contributed by atoms with van der Waals surface area (Å²) in [5, 5.41) is 11.4. The van der Waals surface area contributed by atoms with E-state index in [1.165, 1.54) is 16.0 Å². The van der Waals surface area contributed by atoms with E-state index in [0.717, 1.165) is 0 Å². The zero-order chi connectivity index (χ0) is 17.0. The van der Waals surface area contributed by atoms with Gasteiger partial charge in [0, 0.05) is 24.8 Å². The third-order valence-electron chi connectivity index (χ3n) is 2.73. The van der Waals surface area contributed by atoms with Crippen LogP contribution in [0.1, 0.15) is 32.5 Å². The van der Waals surface area contributed by atoms with Gasteiger partial charge in [0.05, 0.1) is 5.69 Å². The molecular formula is C14H19N5O3S. The lowest BCUT2D eigenvalue weighted by Crippen LogP contribution is -2.40. The largest absolute Gasteiger partial charge is 0.458 e. The van der Waals surface area contributed by atoms with E-state index in [0.29, 0.717) is 10.8 Å². The number of hydrogen-bond acceptors (Lipinski definition) is 6. The summed E-state index contributed by atoms with van der Waals surface area (Å²) in [5.74, 6) is -0.560. The van der Waals surface area contributed by atoms with E-state index in [2.05, 4.69) is 20.7 Å². The summed E-state index contributed by atoms with van der Waals surface area (Å²) in [5.41, 5.74) is -0.143. The standard InChI is InChI=1S/C14H19N5O3S/c1-14(2,3)22-11(20)10(9-5-6-16-19(9)4)17-12(21)18-13-15-7-8-23-13/h5-8,10H,1-4H3,(H2,15,17,18,21). The van der Waals surface area contributed by atoms with E-state index in [-0.39, 0.29) is 0 Å². The normalized spacial score (nSPS) is 12.5. The topological polar surface area (TPSA) is 98.1 Å². The summed E-state index contributed by atoms with van der Waals surface area (Å²) < 4.78 is 6.89. The van der Waals surface area contributed by atoms with Crippen LogP contribution in [0, 0.1) is 0 Å². The second-order valence-electron chi connectivity index (χ2n) is 5.78. The molecular weight excluding hydrogens is 318 g/mol. The minimum atomic E-state index is -0.971. The molecule has 0 aliphatic carbocycles. The highest BCUT2D eigenvalue weighted by atomic mass is 32.1. The Hall–Kier alpha value is -2.42. The van der Waals surface area contributed by atoms with E-state index in [1.54, 1.807) is 51.7 Å². The number of aryl methyl sites for hydroxylation is 1. The lowest BCUT2D eigenvalue weighted by molar-refractivity contribution is -0.157. The van der Waals surface area contributed by atoms with Crippen molar-refractivity contribution >= 4 is 28.5 Å². The van der Waals surface area contributed by atoms with Crippen LogP contribution in [0.5, 0.6) is 0 Å².